The molecular weight excluding hydrogens is 296 g/mol. The molecule has 0 saturated heterocycles. The fourth-order valence-electron chi connectivity index (χ4n) is 2.62. The Morgan fingerprint density at radius 1 is 1.30 bits per heavy atom. The van der Waals surface area contributed by atoms with E-state index in [1.54, 1.807) is 10.9 Å². The number of alkyl halides is 1. The molecule has 0 spiro atoms. The Labute approximate surface area is 125 Å². The first-order valence-electron chi connectivity index (χ1n) is 6.82. The summed E-state index contributed by atoms with van der Waals surface area (Å²) in [4.78, 5) is 30.3. The molecule has 20 heavy (non-hydrogen) atoms. The summed E-state index contributed by atoms with van der Waals surface area (Å²) in [6, 6.07) is 0. The summed E-state index contributed by atoms with van der Waals surface area (Å²) in [6.45, 7) is 0.632. The highest BCUT2D eigenvalue weighted by Crippen LogP contribution is 2.33. The molecule has 0 atom stereocenters. The number of rotatable bonds is 4. The smallest absolute Gasteiger partial charge is 0.262 e. The Kier molecular flexibility index (Phi) is 3.89. The van der Waals surface area contributed by atoms with Crippen molar-refractivity contribution >= 4 is 38.9 Å². The Morgan fingerprint density at radius 3 is 2.95 bits per heavy atom. The van der Waals surface area contributed by atoms with E-state index in [0.717, 1.165) is 36.1 Å². The summed E-state index contributed by atoms with van der Waals surface area (Å²) in [5.74, 6) is 0.759. The van der Waals surface area contributed by atoms with E-state index in [-0.39, 0.29) is 11.3 Å². The van der Waals surface area contributed by atoms with Gasteiger partial charge < -0.3 is 0 Å². The van der Waals surface area contributed by atoms with Crippen LogP contribution in [0.4, 0.5) is 0 Å². The third-order valence-corrected chi connectivity index (χ3v) is 5.09. The third kappa shape index (κ3) is 2.29. The minimum atomic E-state index is -0.0169. The number of fused-ring (bicyclic) bond motifs is 3. The van der Waals surface area contributed by atoms with Crippen LogP contribution in [0.5, 0.6) is 0 Å². The van der Waals surface area contributed by atoms with Gasteiger partial charge in [-0.05, 0) is 31.2 Å². The van der Waals surface area contributed by atoms with Crippen molar-refractivity contribution in [3.05, 3.63) is 27.1 Å². The number of nitrogens with zero attached hydrogens (tertiary/aromatic N) is 2. The second kappa shape index (κ2) is 5.66. The first-order chi connectivity index (χ1) is 9.72. The van der Waals surface area contributed by atoms with Gasteiger partial charge in [0.2, 0.25) is 0 Å². The van der Waals surface area contributed by atoms with E-state index in [9.17, 15) is 9.59 Å². The van der Waals surface area contributed by atoms with Crippen molar-refractivity contribution < 1.29 is 4.79 Å². The number of carbonyl (C=O) groups excluding carboxylic acids is 1. The number of aromatic nitrogens is 2. The lowest BCUT2D eigenvalue weighted by atomic mass is 9.96. The highest BCUT2D eigenvalue weighted by atomic mass is 35.5. The van der Waals surface area contributed by atoms with Gasteiger partial charge in [0, 0.05) is 18.8 Å². The molecule has 0 N–H and O–H groups in total. The van der Waals surface area contributed by atoms with Crippen LogP contribution in [0.15, 0.2) is 11.1 Å². The van der Waals surface area contributed by atoms with Gasteiger partial charge >= 0.3 is 0 Å². The number of hydrogen-bond acceptors (Lipinski definition) is 4. The van der Waals surface area contributed by atoms with Crippen LogP contribution in [0.25, 0.3) is 10.2 Å². The highest BCUT2D eigenvalue weighted by Gasteiger charge is 2.25. The molecule has 1 aliphatic rings. The summed E-state index contributed by atoms with van der Waals surface area (Å²) in [7, 11) is 0. The van der Waals surface area contributed by atoms with Crippen molar-refractivity contribution in [3.8, 4) is 0 Å². The summed E-state index contributed by atoms with van der Waals surface area (Å²) in [6.07, 6.45) is 5.56. The van der Waals surface area contributed by atoms with Crippen molar-refractivity contribution in [2.45, 2.75) is 38.6 Å². The summed E-state index contributed by atoms with van der Waals surface area (Å²) in [5, 5.41) is 0.659. The van der Waals surface area contributed by atoms with Gasteiger partial charge in [0.15, 0.2) is 5.78 Å². The molecule has 2 aromatic rings. The number of carbonyl (C=O) groups is 1. The SMILES string of the molecule is O=C1CCCc2c1sc1ncn(CCCCCl)c(=O)c21. The molecule has 0 aliphatic heterocycles. The zero-order chi connectivity index (χ0) is 14.1. The standard InChI is InChI=1S/C14H15ClN2O2S/c15-6-1-2-7-17-8-16-13-11(14(17)19)9-4-3-5-10(18)12(9)20-13/h8H,1-7H2. The van der Waals surface area contributed by atoms with Crippen molar-refractivity contribution in [1.82, 2.24) is 9.55 Å². The van der Waals surface area contributed by atoms with Gasteiger partial charge in [0.05, 0.1) is 16.6 Å². The molecule has 3 rings (SSSR count). The Morgan fingerprint density at radius 2 is 2.15 bits per heavy atom. The van der Waals surface area contributed by atoms with E-state index < -0.39 is 0 Å². The maximum absolute atomic E-state index is 12.5. The van der Waals surface area contributed by atoms with Crippen LogP contribution in [0.2, 0.25) is 0 Å². The molecule has 0 amide bonds. The summed E-state index contributed by atoms with van der Waals surface area (Å²) >= 11 is 7.02. The molecule has 0 radical (unpaired) electrons. The first kappa shape index (κ1) is 13.8. The molecule has 0 aromatic carbocycles. The van der Waals surface area contributed by atoms with Crippen LogP contribution in [0.1, 0.15) is 40.9 Å². The maximum Gasteiger partial charge on any atom is 0.262 e. The molecule has 6 heteroatoms. The van der Waals surface area contributed by atoms with E-state index >= 15 is 0 Å². The van der Waals surface area contributed by atoms with E-state index in [1.165, 1.54) is 11.3 Å². The minimum Gasteiger partial charge on any atom is -0.299 e. The van der Waals surface area contributed by atoms with Crippen molar-refractivity contribution in [3.63, 3.8) is 0 Å². The van der Waals surface area contributed by atoms with E-state index in [0.29, 0.717) is 29.1 Å². The van der Waals surface area contributed by atoms with Gasteiger partial charge in [-0.1, -0.05) is 0 Å². The van der Waals surface area contributed by atoms with E-state index in [2.05, 4.69) is 4.98 Å². The average molecular weight is 311 g/mol. The van der Waals surface area contributed by atoms with Gasteiger partial charge in [0.25, 0.3) is 5.56 Å². The molecule has 0 fully saturated rings. The minimum absolute atomic E-state index is 0.0169. The van der Waals surface area contributed by atoms with Gasteiger partial charge in [-0.3, -0.25) is 14.2 Å². The number of ketones is 1. The Hall–Kier alpha value is -1.20. The fraction of sp³-hybridized carbons (Fsp3) is 0.500. The monoisotopic (exact) mass is 310 g/mol. The van der Waals surface area contributed by atoms with Crippen LogP contribution in [-0.2, 0) is 13.0 Å². The van der Waals surface area contributed by atoms with Crippen LogP contribution in [0.3, 0.4) is 0 Å². The number of unbranched alkanes of at least 4 members (excludes halogenated alkanes) is 1. The molecule has 4 nitrogen and oxygen atoms in total. The number of hydrogen-bond donors (Lipinski definition) is 0. The lowest BCUT2D eigenvalue weighted by Crippen LogP contribution is -2.21. The van der Waals surface area contributed by atoms with E-state index in [1.807, 2.05) is 0 Å². The largest absolute Gasteiger partial charge is 0.299 e. The molecule has 1 aliphatic carbocycles. The highest BCUT2D eigenvalue weighted by molar-refractivity contribution is 7.20. The summed E-state index contributed by atoms with van der Waals surface area (Å²) in [5.41, 5.74) is 0.905. The number of aryl methyl sites for hydroxylation is 2. The van der Waals surface area contributed by atoms with Crippen molar-refractivity contribution in [2.24, 2.45) is 0 Å². The summed E-state index contributed by atoms with van der Waals surface area (Å²) < 4.78 is 1.64. The Bertz CT molecular complexity index is 720. The predicted molar refractivity (Wildman–Crippen MR) is 81.1 cm³/mol. The van der Waals surface area contributed by atoms with Crippen molar-refractivity contribution in [1.29, 1.82) is 0 Å². The third-order valence-electron chi connectivity index (χ3n) is 3.64. The van der Waals surface area contributed by atoms with Crippen LogP contribution >= 0.6 is 22.9 Å². The maximum atomic E-state index is 12.5. The topological polar surface area (TPSA) is 52.0 Å². The predicted octanol–water partition coefficient (Wildman–Crippen LogP) is 3.00. The second-order valence-corrected chi connectivity index (χ2v) is 6.38. The number of thiophene rings is 1. The lowest BCUT2D eigenvalue weighted by Gasteiger charge is -2.09. The molecule has 2 aromatic heterocycles. The van der Waals surface area contributed by atoms with Gasteiger partial charge in [0.1, 0.15) is 4.83 Å². The van der Waals surface area contributed by atoms with E-state index in [4.69, 9.17) is 11.6 Å². The lowest BCUT2D eigenvalue weighted by molar-refractivity contribution is 0.0977. The van der Waals surface area contributed by atoms with Crippen LogP contribution in [-0.4, -0.2) is 21.2 Å². The zero-order valence-corrected chi connectivity index (χ0v) is 12.6. The van der Waals surface area contributed by atoms with Gasteiger partial charge in [-0.15, -0.1) is 22.9 Å². The molecule has 0 bridgehead atoms. The normalized spacial score (nSPS) is 14.8. The Balaban J connectivity index is 2.08. The van der Waals surface area contributed by atoms with Crippen LogP contribution < -0.4 is 5.56 Å². The quantitative estimate of drug-likeness (QED) is 0.644. The second-order valence-electron chi connectivity index (χ2n) is 5.01. The van der Waals surface area contributed by atoms with Gasteiger partial charge in [-0.2, -0.15) is 0 Å². The molecular formula is C14H15ClN2O2S. The molecule has 106 valence electrons. The first-order valence-corrected chi connectivity index (χ1v) is 8.17. The van der Waals surface area contributed by atoms with Crippen LogP contribution in [0, 0.1) is 0 Å². The molecule has 0 unspecified atom stereocenters. The zero-order valence-electron chi connectivity index (χ0n) is 11.0. The number of Topliss-reactive ketones (excluding diaryl/α,β-unsaturated/α-hetero) is 1. The average Bonchev–Trinajstić information content (AvgIpc) is 2.82. The fourth-order valence-corrected chi connectivity index (χ4v) is 3.96. The molecule has 0 saturated carbocycles. The van der Waals surface area contributed by atoms with Gasteiger partial charge in [-0.25, -0.2) is 4.98 Å². The number of halogens is 1. The molecule has 2 heterocycles. The van der Waals surface area contributed by atoms with Crippen molar-refractivity contribution in [2.75, 3.05) is 5.88 Å².